The van der Waals surface area contributed by atoms with E-state index in [9.17, 15) is 0 Å². The minimum Gasteiger partial charge on any atom is -1.00 e. The molecular formula is C10H14LiNO. The molecule has 0 aromatic heterocycles. The van der Waals surface area contributed by atoms with E-state index < -0.39 is 0 Å². The Morgan fingerprint density at radius 3 is 2.69 bits per heavy atom. The zero-order valence-corrected chi connectivity index (χ0v) is 7.99. The van der Waals surface area contributed by atoms with Gasteiger partial charge in [0.05, 0.1) is 0 Å². The third-order valence-corrected chi connectivity index (χ3v) is 2.03. The van der Waals surface area contributed by atoms with Crippen molar-refractivity contribution in [3.63, 3.8) is 0 Å². The molecule has 3 heteroatoms. The minimum atomic E-state index is 0. The number of nitrogens with one attached hydrogen (secondary N) is 1. The first-order chi connectivity index (χ1) is 5.95. The van der Waals surface area contributed by atoms with Crippen molar-refractivity contribution in [3.05, 3.63) is 30.3 Å². The van der Waals surface area contributed by atoms with Crippen LogP contribution in [0.3, 0.4) is 0 Å². The molecule has 1 aromatic rings. The Bertz CT molecular complexity index is 239. The first-order valence-corrected chi connectivity index (χ1v) is 4.38. The third kappa shape index (κ3) is 3.08. The Morgan fingerprint density at radius 2 is 2.08 bits per heavy atom. The first-order valence-electron chi connectivity index (χ1n) is 4.38. The summed E-state index contributed by atoms with van der Waals surface area (Å²) in [6.45, 7) is 0.893. The van der Waals surface area contributed by atoms with Crippen LogP contribution in [-0.4, -0.2) is 12.8 Å². The standard InChI is InChI=1S/C10H13NO.Li.H/c1-2-5-9(6-3-1)11-10-7-4-8-12-10;;/h1-3,5-6,10-11H,4,7-8H2;;/q;+1;-1. The van der Waals surface area contributed by atoms with Crippen LogP contribution >= 0.6 is 0 Å². The van der Waals surface area contributed by atoms with E-state index in [-0.39, 0.29) is 26.5 Å². The van der Waals surface area contributed by atoms with Crippen molar-refractivity contribution in [2.75, 3.05) is 11.9 Å². The quantitative estimate of drug-likeness (QED) is 0.597. The van der Waals surface area contributed by atoms with Crippen LogP contribution in [0.5, 0.6) is 0 Å². The minimum absolute atomic E-state index is 0. The molecule has 0 saturated carbocycles. The van der Waals surface area contributed by atoms with E-state index in [1.807, 2.05) is 18.2 Å². The summed E-state index contributed by atoms with van der Waals surface area (Å²) in [6, 6.07) is 10.2. The van der Waals surface area contributed by atoms with Crippen molar-refractivity contribution in [2.24, 2.45) is 0 Å². The first kappa shape index (κ1) is 10.7. The molecule has 1 fully saturated rings. The van der Waals surface area contributed by atoms with Gasteiger partial charge in [-0.05, 0) is 25.0 Å². The monoisotopic (exact) mass is 171 g/mol. The number of benzene rings is 1. The van der Waals surface area contributed by atoms with Gasteiger partial charge in [-0.1, -0.05) is 18.2 Å². The Hall–Kier alpha value is -0.423. The number of hydrogen-bond donors (Lipinski definition) is 1. The van der Waals surface area contributed by atoms with Crippen LogP contribution in [0, 0.1) is 0 Å². The Kier molecular flexibility index (Phi) is 4.38. The van der Waals surface area contributed by atoms with Crippen LogP contribution in [-0.2, 0) is 4.74 Å². The van der Waals surface area contributed by atoms with Crippen molar-refractivity contribution in [1.29, 1.82) is 0 Å². The van der Waals surface area contributed by atoms with Crippen LogP contribution < -0.4 is 24.2 Å². The van der Waals surface area contributed by atoms with Crippen molar-refractivity contribution in [3.8, 4) is 0 Å². The number of anilines is 1. The molecule has 1 saturated heterocycles. The van der Waals surface area contributed by atoms with E-state index in [0.29, 0.717) is 0 Å². The normalized spacial score (nSPS) is 20.8. The van der Waals surface area contributed by atoms with E-state index in [1.165, 1.54) is 6.42 Å². The predicted octanol–water partition coefficient (Wildman–Crippen LogP) is -0.648. The molecule has 0 spiro atoms. The SMILES string of the molecule is [H-].[Li+].c1ccc(NC2CCCO2)cc1. The van der Waals surface area contributed by atoms with E-state index >= 15 is 0 Å². The third-order valence-electron chi connectivity index (χ3n) is 2.03. The van der Waals surface area contributed by atoms with Gasteiger partial charge in [-0.25, -0.2) is 0 Å². The van der Waals surface area contributed by atoms with Crippen LogP contribution in [0.1, 0.15) is 14.3 Å². The molecular weight excluding hydrogens is 157 g/mol. The van der Waals surface area contributed by atoms with Crippen molar-refractivity contribution in [1.82, 2.24) is 0 Å². The van der Waals surface area contributed by atoms with Crippen molar-refractivity contribution in [2.45, 2.75) is 19.1 Å². The summed E-state index contributed by atoms with van der Waals surface area (Å²) in [5, 5.41) is 3.32. The van der Waals surface area contributed by atoms with E-state index in [0.717, 1.165) is 18.7 Å². The molecule has 0 bridgehead atoms. The fourth-order valence-corrected chi connectivity index (χ4v) is 1.41. The number of ether oxygens (including phenoxy) is 1. The van der Waals surface area contributed by atoms with Crippen LogP contribution in [0.2, 0.25) is 0 Å². The summed E-state index contributed by atoms with van der Waals surface area (Å²) < 4.78 is 5.45. The van der Waals surface area contributed by atoms with Crippen molar-refractivity contribution < 1.29 is 25.0 Å². The van der Waals surface area contributed by atoms with Gasteiger partial charge >= 0.3 is 18.9 Å². The maximum Gasteiger partial charge on any atom is 1.00 e. The van der Waals surface area contributed by atoms with E-state index in [1.54, 1.807) is 0 Å². The van der Waals surface area contributed by atoms with Crippen LogP contribution in [0.25, 0.3) is 0 Å². The molecule has 1 heterocycles. The van der Waals surface area contributed by atoms with Gasteiger partial charge in [0, 0.05) is 12.3 Å². The van der Waals surface area contributed by atoms with Crippen LogP contribution in [0.15, 0.2) is 30.3 Å². The zero-order valence-electron chi connectivity index (χ0n) is 8.99. The smallest absolute Gasteiger partial charge is 1.00 e. The van der Waals surface area contributed by atoms with Gasteiger partial charge in [-0.2, -0.15) is 0 Å². The average molecular weight is 171 g/mol. The summed E-state index contributed by atoms with van der Waals surface area (Å²) in [5.41, 5.74) is 1.14. The van der Waals surface area contributed by atoms with Gasteiger partial charge in [0.1, 0.15) is 6.23 Å². The summed E-state index contributed by atoms with van der Waals surface area (Å²) in [7, 11) is 0. The molecule has 2 rings (SSSR count). The number of hydrogen-bond acceptors (Lipinski definition) is 2. The Balaban J connectivity index is 0.000000845. The van der Waals surface area contributed by atoms with Gasteiger partial charge in [0.25, 0.3) is 0 Å². The summed E-state index contributed by atoms with van der Waals surface area (Å²) in [4.78, 5) is 0. The fourth-order valence-electron chi connectivity index (χ4n) is 1.41. The molecule has 1 aromatic carbocycles. The molecule has 1 N–H and O–H groups in total. The molecule has 1 unspecified atom stereocenters. The fraction of sp³-hybridized carbons (Fsp3) is 0.400. The summed E-state index contributed by atoms with van der Waals surface area (Å²) >= 11 is 0. The molecule has 13 heavy (non-hydrogen) atoms. The van der Waals surface area contributed by atoms with Crippen LogP contribution in [0.4, 0.5) is 5.69 Å². The molecule has 1 aliphatic heterocycles. The number of rotatable bonds is 2. The summed E-state index contributed by atoms with van der Waals surface area (Å²) in [5.74, 6) is 0. The second-order valence-corrected chi connectivity index (χ2v) is 3.01. The average Bonchev–Trinajstić information content (AvgIpc) is 2.59. The molecule has 66 valence electrons. The van der Waals surface area contributed by atoms with E-state index in [2.05, 4.69) is 17.4 Å². The number of para-hydroxylation sites is 1. The molecule has 0 amide bonds. The molecule has 0 aliphatic carbocycles. The second-order valence-electron chi connectivity index (χ2n) is 3.01. The van der Waals surface area contributed by atoms with Gasteiger partial charge in [-0.3, -0.25) is 0 Å². The maximum absolute atomic E-state index is 5.45. The zero-order chi connectivity index (χ0) is 8.23. The Labute approximate surface area is 92.3 Å². The Morgan fingerprint density at radius 1 is 1.31 bits per heavy atom. The largest absolute Gasteiger partial charge is 1.00 e. The predicted molar refractivity (Wildman–Crippen MR) is 50.2 cm³/mol. The van der Waals surface area contributed by atoms with Crippen molar-refractivity contribution >= 4 is 5.69 Å². The maximum atomic E-state index is 5.45. The topological polar surface area (TPSA) is 21.3 Å². The van der Waals surface area contributed by atoms with Gasteiger partial charge < -0.3 is 11.5 Å². The molecule has 2 nitrogen and oxygen atoms in total. The van der Waals surface area contributed by atoms with Gasteiger partial charge in [-0.15, -0.1) is 0 Å². The second kappa shape index (κ2) is 5.34. The molecule has 1 atom stereocenters. The van der Waals surface area contributed by atoms with E-state index in [4.69, 9.17) is 4.74 Å². The summed E-state index contributed by atoms with van der Waals surface area (Å²) in [6.07, 6.45) is 2.52. The molecule has 1 aliphatic rings. The van der Waals surface area contributed by atoms with Gasteiger partial charge in [0.15, 0.2) is 0 Å². The molecule has 0 radical (unpaired) electrons. The van der Waals surface area contributed by atoms with Gasteiger partial charge in [0.2, 0.25) is 0 Å².